The van der Waals surface area contributed by atoms with Crippen LogP contribution in [0.25, 0.3) is 0 Å². The zero-order valence-electron chi connectivity index (χ0n) is 8.87. The van der Waals surface area contributed by atoms with E-state index in [4.69, 9.17) is 10.00 Å². The molecule has 0 bridgehead atoms. The van der Waals surface area contributed by atoms with Crippen LogP contribution >= 0.6 is 11.5 Å². The largest absolute Gasteiger partial charge is 0.480 e. The maximum atomic E-state index is 12.0. The minimum atomic E-state index is -3.62. The molecule has 0 amide bonds. The Morgan fingerprint density at radius 2 is 2.38 bits per heavy atom. The fraction of sp³-hybridized carbons (Fsp3) is 0.500. The molecule has 0 spiro atoms. The molecule has 1 rings (SSSR count). The number of hydrogen-bond donors (Lipinski definition) is 0. The van der Waals surface area contributed by atoms with Crippen molar-refractivity contribution in [1.82, 2.24) is 8.68 Å². The summed E-state index contributed by atoms with van der Waals surface area (Å²) in [5, 5.41) is 8.54. The molecule has 1 aromatic rings. The molecule has 0 aliphatic heterocycles. The third kappa shape index (κ3) is 2.49. The summed E-state index contributed by atoms with van der Waals surface area (Å²) in [5.74, 6) is 0.261. The Morgan fingerprint density at radius 1 is 1.69 bits per heavy atom. The summed E-state index contributed by atoms with van der Waals surface area (Å²) in [7, 11) is -2.20. The lowest BCUT2D eigenvalue weighted by atomic mass is 10.6. The molecule has 0 N–H and O–H groups in total. The molecule has 6 nitrogen and oxygen atoms in total. The van der Waals surface area contributed by atoms with Gasteiger partial charge in [0, 0.05) is 12.6 Å². The smallest absolute Gasteiger partial charge is 0.255 e. The van der Waals surface area contributed by atoms with E-state index in [1.54, 1.807) is 6.92 Å². The summed E-state index contributed by atoms with van der Waals surface area (Å²) in [6, 6.07) is 3.16. The van der Waals surface area contributed by atoms with Crippen LogP contribution in [0.2, 0.25) is 0 Å². The third-order valence-corrected chi connectivity index (χ3v) is 4.99. The molecular formula is C8H11N3O3S2. The highest BCUT2D eigenvalue weighted by molar-refractivity contribution is 7.91. The summed E-state index contributed by atoms with van der Waals surface area (Å²) in [5.41, 5.74) is 0. The first kappa shape index (κ1) is 12.9. The molecule has 16 heavy (non-hydrogen) atoms. The number of nitriles is 1. The Labute approximate surface area is 98.3 Å². The van der Waals surface area contributed by atoms with Gasteiger partial charge in [-0.15, -0.1) is 0 Å². The lowest BCUT2D eigenvalue weighted by Gasteiger charge is -2.14. The van der Waals surface area contributed by atoms with E-state index in [0.717, 1.165) is 15.8 Å². The van der Waals surface area contributed by atoms with E-state index in [0.29, 0.717) is 0 Å². The first-order chi connectivity index (χ1) is 7.56. The van der Waals surface area contributed by atoms with Crippen LogP contribution in [-0.4, -0.2) is 37.3 Å². The molecule has 0 atom stereocenters. The lowest BCUT2D eigenvalue weighted by Crippen LogP contribution is -2.30. The van der Waals surface area contributed by atoms with Crippen LogP contribution in [0.1, 0.15) is 6.92 Å². The molecule has 0 fully saturated rings. The average molecular weight is 261 g/mol. The maximum absolute atomic E-state index is 12.0. The molecule has 1 heterocycles. The fourth-order valence-corrected chi connectivity index (χ4v) is 3.37. The summed E-state index contributed by atoms with van der Waals surface area (Å²) < 4.78 is 33.7. The molecule has 0 aliphatic carbocycles. The van der Waals surface area contributed by atoms with Crippen molar-refractivity contribution in [3.05, 3.63) is 6.07 Å². The number of hydrogen-bond acceptors (Lipinski definition) is 6. The normalized spacial score (nSPS) is 11.4. The van der Waals surface area contributed by atoms with Gasteiger partial charge in [0.1, 0.15) is 6.54 Å². The van der Waals surface area contributed by atoms with Crippen molar-refractivity contribution in [3.8, 4) is 11.9 Å². The van der Waals surface area contributed by atoms with Crippen LogP contribution in [0, 0.1) is 11.3 Å². The fourth-order valence-electron chi connectivity index (χ4n) is 1.03. The van der Waals surface area contributed by atoms with Crippen LogP contribution in [0.4, 0.5) is 0 Å². The lowest BCUT2D eigenvalue weighted by molar-refractivity contribution is 0.401. The molecule has 1 aromatic heterocycles. The number of rotatable bonds is 5. The highest BCUT2D eigenvalue weighted by Gasteiger charge is 2.25. The van der Waals surface area contributed by atoms with Gasteiger partial charge in [0.25, 0.3) is 10.0 Å². The Morgan fingerprint density at radius 3 is 2.81 bits per heavy atom. The van der Waals surface area contributed by atoms with Crippen molar-refractivity contribution in [2.24, 2.45) is 0 Å². The quantitative estimate of drug-likeness (QED) is 0.728. The van der Waals surface area contributed by atoms with Crippen LogP contribution in [0.3, 0.4) is 0 Å². The van der Waals surface area contributed by atoms with Gasteiger partial charge in [-0.1, -0.05) is 6.92 Å². The predicted molar refractivity (Wildman–Crippen MR) is 58.7 cm³/mol. The van der Waals surface area contributed by atoms with Crippen molar-refractivity contribution in [2.75, 3.05) is 20.2 Å². The number of aromatic nitrogens is 1. The van der Waals surface area contributed by atoms with Crippen molar-refractivity contribution in [3.63, 3.8) is 0 Å². The SMILES string of the molecule is CCN(CC#N)S(=O)(=O)c1cc(OC)ns1. The van der Waals surface area contributed by atoms with E-state index in [2.05, 4.69) is 4.37 Å². The number of sulfonamides is 1. The topological polar surface area (TPSA) is 83.3 Å². The molecule has 88 valence electrons. The van der Waals surface area contributed by atoms with E-state index < -0.39 is 10.0 Å². The van der Waals surface area contributed by atoms with Crippen molar-refractivity contribution in [1.29, 1.82) is 5.26 Å². The Kier molecular flexibility index (Phi) is 4.23. The molecule has 8 heteroatoms. The molecule has 0 aromatic carbocycles. The second kappa shape index (κ2) is 5.25. The summed E-state index contributed by atoms with van der Waals surface area (Å²) in [4.78, 5) is 0. The van der Waals surface area contributed by atoms with Gasteiger partial charge in [0.15, 0.2) is 4.21 Å². The first-order valence-corrected chi connectivity index (χ1v) is 6.65. The van der Waals surface area contributed by atoms with Crippen LogP contribution in [0.5, 0.6) is 5.88 Å². The minimum Gasteiger partial charge on any atom is -0.480 e. The molecule has 0 saturated heterocycles. The highest BCUT2D eigenvalue weighted by Crippen LogP contribution is 2.24. The van der Waals surface area contributed by atoms with Gasteiger partial charge >= 0.3 is 0 Å². The molecule has 0 radical (unpaired) electrons. The van der Waals surface area contributed by atoms with Gasteiger partial charge in [-0.3, -0.25) is 0 Å². The summed E-state index contributed by atoms with van der Waals surface area (Å²) >= 11 is 0.837. The zero-order chi connectivity index (χ0) is 12.2. The molecule has 0 saturated carbocycles. The van der Waals surface area contributed by atoms with Gasteiger partial charge < -0.3 is 4.74 Å². The monoisotopic (exact) mass is 261 g/mol. The van der Waals surface area contributed by atoms with E-state index >= 15 is 0 Å². The molecule has 0 unspecified atom stereocenters. The van der Waals surface area contributed by atoms with E-state index in [9.17, 15) is 8.42 Å². The Bertz CT molecular complexity index is 489. The summed E-state index contributed by atoms with van der Waals surface area (Å²) in [6.07, 6.45) is 0. The van der Waals surface area contributed by atoms with Crippen molar-refractivity contribution < 1.29 is 13.2 Å². The molecular weight excluding hydrogens is 250 g/mol. The predicted octanol–water partition coefficient (Wildman–Crippen LogP) is 0.686. The highest BCUT2D eigenvalue weighted by atomic mass is 32.2. The first-order valence-electron chi connectivity index (χ1n) is 4.44. The van der Waals surface area contributed by atoms with E-state index in [-0.39, 0.29) is 23.2 Å². The Balaban J connectivity index is 3.05. The summed E-state index contributed by atoms with van der Waals surface area (Å²) in [6.45, 7) is 1.75. The van der Waals surface area contributed by atoms with Gasteiger partial charge in [-0.05, 0) is 11.5 Å². The molecule has 0 aliphatic rings. The van der Waals surface area contributed by atoms with Gasteiger partial charge in [0.05, 0.1) is 13.2 Å². The van der Waals surface area contributed by atoms with Gasteiger partial charge in [-0.2, -0.15) is 13.9 Å². The van der Waals surface area contributed by atoms with Crippen LogP contribution < -0.4 is 4.74 Å². The average Bonchev–Trinajstić information content (AvgIpc) is 2.74. The second-order valence-electron chi connectivity index (χ2n) is 2.78. The second-order valence-corrected chi connectivity index (χ2v) is 5.75. The number of nitrogens with zero attached hydrogens (tertiary/aromatic N) is 3. The standard InChI is InChI=1S/C8H11N3O3S2/c1-3-11(5-4-9)16(12,13)8-6-7(14-2)10-15-8/h6H,3,5H2,1-2H3. The van der Waals surface area contributed by atoms with E-state index in [1.807, 2.05) is 6.07 Å². The van der Waals surface area contributed by atoms with Crippen LogP contribution in [0.15, 0.2) is 10.3 Å². The zero-order valence-corrected chi connectivity index (χ0v) is 10.5. The minimum absolute atomic E-state index is 0.0847. The number of ether oxygens (including phenoxy) is 1. The Hall–Kier alpha value is -1.17. The van der Waals surface area contributed by atoms with E-state index in [1.165, 1.54) is 13.2 Å². The van der Waals surface area contributed by atoms with Crippen LogP contribution in [-0.2, 0) is 10.0 Å². The third-order valence-electron chi connectivity index (χ3n) is 1.87. The van der Waals surface area contributed by atoms with Crippen molar-refractivity contribution in [2.45, 2.75) is 11.1 Å². The van der Waals surface area contributed by atoms with Crippen molar-refractivity contribution >= 4 is 21.6 Å². The maximum Gasteiger partial charge on any atom is 0.255 e. The van der Waals surface area contributed by atoms with Gasteiger partial charge in [-0.25, -0.2) is 8.42 Å². The number of methoxy groups -OCH3 is 1. The van der Waals surface area contributed by atoms with Gasteiger partial charge in [0.2, 0.25) is 5.88 Å².